The predicted molar refractivity (Wildman–Crippen MR) is 56.8 cm³/mol. The normalized spacial score (nSPS) is 14.6. The highest BCUT2D eigenvalue weighted by molar-refractivity contribution is 7.10. The summed E-state index contributed by atoms with van der Waals surface area (Å²) in [6, 6.07) is 0. The largest absolute Gasteiger partial charge is 0.393 e. The molecule has 1 heterocycles. The van der Waals surface area contributed by atoms with Crippen molar-refractivity contribution in [3.63, 3.8) is 0 Å². The highest BCUT2D eigenvalue weighted by Gasteiger charge is 2.03. The molecule has 0 saturated heterocycles. The number of thiazole rings is 1. The van der Waals surface area contributed by atoms with Crippen LogP contribution in [-0.4, -0.2) is 16.2 Å². The zero-order valence-electron chi connectivity index (χ0n) is 8.24. The van der Waals surface area contributed by atoms with Gasteiger partial charge in [-0.25, -0.2) is 4.98 Å². The molecule has 1 N–H and O–H groups in total. The first kappa shape index (κ1) is 10.4. The van der Waals surface area contributed by atoms with Gasteiger partial charge in [-0.3, -0.25) is 0 Å². The summed E-state index contributed by atoms with van der Waals surface area (Å²) in [4.78, 5) is 5.40. The van der Waals surface area contributed by atoms with Gasteiger partial charge >= 0.3 is 0 Å². The topological polar surface area (TPSA) is 33.1 Å². The minimum Gasteiger partial charge on any atom is -0.393 e. The van der Waals surface area contributed by atoms with E-state index in [0.29, 0.717) is 6.42 Å². The highest BCUT2D eigenvalue weighted by Crippen LogP contribution is 2.22. The van der Waals surface area contributed by atoms with Gasteiger partial charge in [0.2, 0.25) is 0 Å². The maximum atomic E-state index is 9.11. The molecule has 72 valence electrons. The van der Waals surface area contributed by atoms with Crippen molar-refractivity contribution in [1.82, 2.24) is 4.98 Å². The van der Waals surface area contributed by atoms with Crippen LogP contribution in [0.3, 0.4) is 0 Å². The first-order valence-corrected chi connectivity index (χ1v) is 5.24. The summed E-state index contributed by atoms with van der Waals surface area (Å²) in [5.74, 6) is 0. The van der Waals surface area contributed by atoms with Gasteiger partial charge in [0.15, 0.2) is 0 Å². The molecule has 0 aromatic carbocycles. The third kappa shape index (κ3) is 2.94. The van der Waals surface area contributed by atoms with Crippen LogP contribution in [0.15, 0.2) is 11.6 Å². The van der Waals surface area contributed by atoms with Gasteiger partial charge in [0.1, 0.15) is 0 Å². The zero-order chi connectivity index (χ0) is 9.84. The second kappa shape index (κ2) is 4.53. The Bertz CT molecular complexity index is 302. The molecule has 0 aliphatic heterocycles. The van der Waals surface area contributed by atoms with Gasteiger partial charge in [-0.1, -0.05) is 6.08 Å². The molecule has 1 aromatic rings. The second-order valence-corrected chi connectivity index (χ2v) is 4.09. The van der Waals surface area contributed by atoms with E-state index >= 15 is 0 Å². The fraction of sp³-hybridized carbons (Fsp3) is 0.500. The molecule has 3 heteroatoms. The molecule has 0 fully saturated rings. The summed E-state index contributed by atoms with van der Waals surface area (Å²) < 4.78 is 0. The minimum absolute atomic E-state index is 0.261. The molecule has 1 aromatic heterocycles. The molecule has 0 bridgehead atoms. The van der Waals surface area contributed by atoms with Crippen LogP contribution in [0.4, 0.5) is 0 Å². The SMILES string of the molecule is C/C(=C\CC(C)O)c1scnc1C. The minimum atomic E-state index is -0.261. The number of aliphatic hydroxyl groups is 1. The fourth-order valence-corrected chi connectivity index (χ4v) is 1.93. The molecule has 0 aliphatic rings. The molecule has 0 spiro atoms. The number of nitrogens with zero attached hydrogens (tertiary/aromatic N) is 1. The molecule has 1 unspecified atom stereocenters. The van der Waals surface area contributed by atoms with Crippen LogP contribution in [0, 0.1) is 6.92 Å². The van der Waals surface area contributed by atoms with Gasteiger partial charge < -0.3 is 5.11 Å². The lowest BCUT2D eigenvalue weighted by molar-refractivity contribution is 0.198. The molecule has 0 saturated carbocycles. The number of allylic oxidation sites excluding steroid dienone is 1. The van der Waals surface area contributed by atoms with Gasteiger partial charge in [-0.15, -0.1) is 11.3 Å². The van der Waals surface area contributed by atoms with Gasteiger partial charge in [-0.2, -0.15) is 0 Å². The van der Waals surface area contributed by atoms with Crippen LogP contribution in [0.25, 0.3) is 5.57 Å². The molecular weight excluding hydrogens is 182 g/mol. The Morgan fingerprint density at radius 1 is 1.77 bits per heavy atom. The highest BCUT2D eigenvalue weighted by atomic mass is 32.1. The third-order valence-electron chi connectivity index (χ3n) is 1.87. The van der Waals surface area contributed by atoms with Gasteiger partial charge in [0, 0.05) is 0 Å². The molecule has 1 atom stereocenters. The van der Waals surface area contributed by atoms with Crippen LogP contribution < -0.4 is 0 Å². The van der Waals surface area contributed by atoms with Crippen molar-refractivity contribution in [3.05, 3.63) is 22.2 Å². The molecular formula is C10H15NOS. The van der Waals surface area contributed by atoms with Crippen LogP contribution in [-0.2, 0) is 0 Å². The number of aliphatic hydroxyl groups excluding tert-OH is 1. The van der Waals surface area contributed by atoms with Crippen molar-refractivity contribution in [3.8, 4) is 0 Å². The van der Waals surface area contributed by atoms with E-state index < -0.39 is 0 Å². The standard InChI is InChI=1S/C10H15NOS/c1-7(4-5-8(2)12)10-9(3)11-6-13-10/h4,6,8,12H,5H2,1-3H3/b7-4+. The Morgan fingerprint density at radius 3 is 2.92 bits per heavy atom. The molecule has 13 heavy (non-hydrogen) atoms. The van der Waals surface area contributed by atoms with Gasteiger partial charge in [0.25, 0.3) is 0 Å². The smallest absolute Gasteiger partial charge is 0.0801 e. The quantitative estimate of drug-likeness (QED) is 0.808. The van der Waals surface area contributed by atoms with E-state index in [9.17, 15) is 0 Å². The number of aryl methyl sites for hydroxylation is 1. The lowest BCUT2D eigenvalue weighted by atomic mass is 10.1. The van der Waals surface area contributed by atoms with Crippen molar-refractivity contribution in [2.75, 3.05) is 0 Å². The average Bonchev–Trinajstić information content (AvgIpc) is 2.47. The fourth-order valence-electron chi connectivity index (χ4n) is 1.12. The molecule has 0 amide bonds. The van der Waals surface area contributed by atoms with Crippen molar-refractivity contribution in [2.45, 2.75) is 33.3 Å². The third-order valence-corrected chi connectivity index (χ3v) is 2.93. The maximum absolute atomic E-state index is 9.11. The number of rotatable bonds is 3. The Labute approximate surface area is 83.0 Å². The Balaban J connectivity index is 2.73. The summed E-state index contributed by atoms with van der Waals surface area (Å²) in [5, 5.41) is 9.11. The number of aromatic nitrogens is 1. The molecule has 2 nitrogen and oxygen atoms in total. The molecule has 1 rings (SSSR count). The van der Waals surface area contributed by atoms with Gasteiger partial charge in [0.05, 0.1) is 22.2 Å². The van der Waals surface area contributed by atoms with E-state index in [1.54, 1.807) is 18.3 Å². The Hall–Kier alpha value is -0.670. The number of hydrogen-bond donors (Lipinski definition) is 1. The van der Waals surface area contributed by atoms with Crippen LogP contribution in [0.2, 0.25) is 0 Å². The summed E-state index contributed by atoms with van der Waals surface area (Å²) in [7, 11) is 0. The summed E-state index contributed by atoms with van der Waals surface area (Å²) in [6.07, 6.45) is 2.51. The summed E-state index contributed by atoms with van der Waals surface area (Å²) in [6.45, 7) is 5.86. The summed E-state index contributed by atoms with van der Waals surface area (Å²) >= 11 is 1.65. The first-order chi connectivity index (χ1) is 6.11. The van der Waals surface area contributed by atoms with E-state index in [0.717, 1.165) is 5.69 Å². The molecule has 0 aliphatic carbocycles. The van der Waals surface area contributed by atoms with Crippen LogP contribution in [0.1, 0.15) is 30.8 Å². The van der Waals surface area contributed by atoms with Crippen molar-refractivity contribution < 1.29 is 5.11 Å². The maximum Gasteiger partial charge on any atom is 0.0801 e. The number of hydrogen-bond acceptors (Lipinski definition) is 3. The van der Waals surface area contributed by atoms with E-state index in [2.05, 4.69) is 18.0 Å². The lowest BCUT2D eigenvalue weighted by Crippen LogP contribution is -1.96. The zero-order valence-corrected chi connectivity index (χ0v) is 9.06. The van der Waals surface area contributed by atoms with E-state index in [1.165, 1.54) is 10.5 Å². The second-order valence-electron chi connectivity index (χ2n) is 3.24. The van der Waals surface area contributed by atoms with Crippen molar-refractivity contribution in [1.29, 1.82) is 0 Å². The van der Waals surface area contributed by atoms with Crippen LogP contribution in [0.5, 0.6) is 0 Å². The predicted octanol–water partition coefficient (Wildman–Crippen LogP) is 2.63. The average molecular weight is 197 g/mol. The monoisotopic (exact) mass is 197 g/mol. The van der Waals surface area contributed by atoms with E-state index in [-0.39, 0.29) is 6.10 Å². The van der Waals surface area contributed by atoms with Crippen LogP contribution >= 0.6 is 11.3 Å². The molecule has 0 radical (unpaired) electrons. The van der Waals surface area contributed by atoms with Crippen molar-refractivity contribution >= 4 is 16.9 Å². The first-order valence-electron chi connectivity index (χ1n) is 4.36. The lowest BCUT2D eigenvalue weighted by Gasteiger charge is -2.01. The Morgan fingerprint density at radius 2 is 2.46 bits per heavy atom. The summed E-state index contributed by atoms with van der Waals surface area (Å²) in [5.41, 5.74) is 4.13. The van der Waals surface area contributed by atoms with Crippen molar-refractivity contribution in [2.24, 2.45) is 0 Å². The van der Waals surface area contributed by atoms with Gasteiger partial charge in [-0.05, 0) is 32.8 Å². The Kier molecular flexibility index (Phi) is 3.63. The van der Waals surface area contributed by atoms with E-state index in [1.807, 2.05) is 12.4 Å². The van der Waals surface area contributed by atoms with E-state index in [4.69, 9.17) is 5.11 Å².